The van der Waals surface area contributed by atoms with Crippen LogP contribution in [0, 0.1) is 11.7 Å². The summed E-state index contributed by atoms with van der Waals surface area (Å²) in [5.74, 6) is -0.354. The summed E-state index contributed by atoms with van der Waals surface area (Å²) in [5.41, 5.74) is 1.32. The summed E-state index contributed by atoms with van der Waals surface area (Å²) >= 11 is 0. The molecule has 2 amide bonds. The molecule has 2 rings (SSSR count). The van der Waals surface area contributed by atoms with Gasteiger partial charge in [0.15, 0.2) is 0 Å². The van der Waals surface area contributed by atoms with Crippen LogP contribution in [0.4, 0.5) is 4.39 Å². The summed E-state index contributed by atoms with van der Waals surface area (Å²) < 4.78 is 12.9. The van der Waals surface area contributed by atoms with Gasteiger partial charge in [-0.05, 0) is 23.6 Å². The molecule has 130 valence electrons. The van der Waals surface area contributed by atoms with Crippen molar-refractivity contribution in [1.29, 1.82) is 0 Å². The molecule has 0 fully saturated rings. The van der Waals surface area contributed by atoms with Gasteiger partial charge in [-0.2, -0.15) is 0 Å². The van der Waals surface area contributed by atoms with Gasteiger partial charge in [0.1, 0.15) is 5.82 Å². The highest BCUT2D eigenvalue weighted by Crippen LogP contribution is 2.17. The fourth-order valence-corrected chi connectivity index (χ4v) is 2.15. The summed E-state index contributed by atoms with van der Waals surface area (Å²) in [4.78, 5) is 28.7. The van der Waals surface area contributed by atoms with Gasteiger partial charge in [0, 0.05) is 25.9 Å². The van der Waals surface area contributed by atoms with E-state index < -0.39 is 6.10 Å². The van der Waals surface area contributed by atoms with Crippen molar-refractivity contribution < 1.29 is 18.8 Å². The summed E-state index contributed by atoms with van der Waals surface area (Å²) in [5, 5.41) is 9.33. The number of carbonyl (C=O) groups excluding carboxylic acids is 2. The Morgan fingerprint density at radius 2 is 2.00 bits per heavy atom. The number of oxime groups is 1. The summed E-state index contributed by atoms with van der Waals surface area (Å²) in [6.07, 6.45) is -0.183. The lowest BCUT2D eigenvalue weighted by Crippen LogP contribution is -2.37. The fourth-order valence-electron chi connectivity index (χ4n) is 2.15. The number of nitrogens with zero attached hydrogens (tertiary/aromatic N) is 1. The molecule has 1 atom stereocenters. The van der Waals surface area contributed by atoms with Crippen molar-refractivity contribution in [2.45, 2.75) is 32.8 Å². The van der Waals surface area contributed by atoms with Gasteiger partial charge in [0.25, 0.3) is 5.91 Å². The Hall–Kier alpha value is -2.44. The Morgan fingerprint density at radius 1 is 1.29 bits per heavy atom. The molecule has 0 bridgehead atoms. The number of nitrogens with one attached hydrogen (secondary N) is 2. The van der Waals surface area contributed by atoms with Crippen LogP contribution in [0.25, 0.3) is 0 Å². The van der Waals surface area contributed by atoms with E-state index in [1.54, 1.807) is 12.1 Å². The van der Waals surface area contributed by atoms with Crippen molar-refractivity contribution in [2.75, 3.05) is 13.1 Å². The monoisotopic (exact) mass is 335 g/mol. The van der Waals surface area contributed by atoms with Gasteiger partial charge in [-0.25, -0.2) is 4.39 Å². The topological polar surface area (TPSA) is 79.8 Å². The molecule has 1 aromatic rings. The number of hydrogen-bond donors (Lipinski definition) is 2. The predicted octanol–water partition coefficient (Wildman–Crippen LogP) is 1.60. The Bertz CT molecular complexity index is 614. The van der Waals surface area contributed by atoms with Gasteiger partial charge >= 0.3 is 0 Å². The third-order valence-electron chi connectivity index (χ3n) is 3.50. The molecule has 6 nitrogen and oxygen atoms in total. The van der Waals surface area contributed by atoms with Gasteiger partial charge in [0.05, 0.1) is 5.71 Å². The summed E-state index contributed by atoms with van der Waals surface area (Å²) in [6, 6.07) is 5.86. The molecule has 0 spiro atoms. The molecule has 0 radical (unpaired) electrons. The van der Waals surface area contributed by atoms with Crippen LogP contribution in [-0.2, 0) is 14.4 Å². The van der Waals surface area contributed by atoms with Crippen LogP contribution in [0.15, 0.2) is 29.4 Å². The molecular weight excluding hydrogens is 313 g/mol. The molecule has 7 heteroatoms. The third kappa shape index (κ3) is 5.33. The zero-order valence-electron chi connectivity index (χ0n) is 13.8. The minimum Gasteiger partial charge on any atom is -0.382 e. The van der Waals surface area contributed by atoms with E-state index in [0.717, 1.165) is 5.56 Å². The van der Waals surface area contributed by atoms with Crippen LogP contribution in [-0.4, -0.2) is 36.7 Å². The van der Waals surface area contributed by atoms with Crippen molar-refractivity contribution in [1.82, 2.24) is 10.6 Å². The quantitative estimate of drug-likeness (QED) is 0.794. The Morgan fingerprint density at radius 3 is 2.67 bits per heavy atom. The predicted molar refractivity (Wildman–Crippen MR) is 87.9 cm³/mol. The smallest absolute Gasteiger partial charge is 0.264 e. The number of hydrogen-bond acceptors (Lipinski definition) is 4. The number of halogens is 1. The highest BCUT2D eigenvalue weighted by Gasteiger charge is 2.28. The molecule has 1 heterocycles. The average Bonchev–Trinajstić information content (AvgIpc) is 3.03. The standard InChI is InChI=1S/C17H22FN3O3/c1-11(2)10-20-16(22)7-8-19-17(23)15-9-14(21-24-15)12-3-5-13(18)6-4-12/h3-6,11,15H,7-10H2,1-2H3,(H,19,23)(H,20,22). The molecule has 24 heavy (non-hydrogen) atoms. The second-order valence-corrected chi connectivity index (χ2v) is 6.08. The number of benzene rings is 1. The van der Waals surface area contributed by atoms with E-state index in [1.807, 2.05) is 13.8 Å². The first kappa shape index (κ1) is 17.9. The highest BCUT2D eigenvalue weighted by molar-refractivity contribution is 6.04. The Labute approximate surface area is 140 Å². The maximum atomic E-state index is 12.9. The normalized spacial score (nSPS) is 16.5. The number of carbonyl (C=O) groups is 2. The van der Waals surface area contributed by atoms with Crippen molar-refractivity contribution in [3.05, 3.63) is 35.6 Å². The number of rotatable bonds is 7. The fraction of sp³-hybridized carbons (Fsp3) is 0.471. The molecule has 0 aromatic heterocycles. The van der Waals surface area contributed by atoms with Crippen LogP contribution >= 0.6 is 0 Å². The van der Waals surface area contributed by atoms with E-state index in [9.17, 15) is 14.0 Å². The molecule has 0 saturated heterocycles. The van der Waals surface area contributed by atoms with E-state index in [-0.39, 0.29) is 30.6 Å². The van der Waals surface area contributed by atoms with Gasteiger partial charge in [-0.3, -0.25) is 9.59 Å². The van der Waals surface area contributed by atoms with E-state index in [2.05, 4.69) is 15.8 Å². The molecular formula is C17H22FN3O3. The van der Waals surface area contributed by atoms with Gasteiger partial charge in [-0.1, -0.05) is 31.1 Å². The van der Waals surface area contributed by atoms with Gasteiger partial charge in [-0.15, -0.1) is 0 Å². The summed E-state index contributed by atoms with van der Waals surface area (Å²) in [6.45, 7) is 4.89. The molecule has 1 aromatic carbocycles. The first-order valence-corrected chi connectivity index (χ1v) is 7.98. The van der Waals surface area contributed by atoms with Crippen LogP contribution in [0.5, 0.6) is 0 Å². The second-order valence-electron chi connectivity index (χ2n) is 6.08. The van der Waals surface area contributed by atoms with Crippen LogP contribution < -0.4 is 10.6 Å². The minimum absolute atomic E-state index is 0.0976. The van der Waals surface area contributed by atoms with Crippen molar-refractivity contribution in [3.63, 3.8) is 0 Å². The highest BCUT2D eigenvalue weighted by atomic mass is 19.1. The lowest BCUT2D eigenvalue weighted by molar-refractivity contribution is -0.131. The van der Waals surface area contributed by atoms with Gasteiger partial charge in [0.2, 0.25) is 12.0 Å². The van der Waals surface area contributed by atoms with E-state index in [0.29, 0.717) is 24.6 Å². The second kappa shape index (κ2) is 8.42. The first-order chi connectivity index (χ1) is 11.5. The lowest BCUT2D eigenvalue weighted by Gasteiger charge is -2.10. The first-order valence-electron chi connectivity index (χ1n) is 7.98. The maximum Gasteiger partial charge on any atom is 0.264 e. The van der Waals surface area contributed by atoms with Crippen LogP contribution in [0.2, 0.25) is 0 Å². The Balaban J connectivity index is 1.71. The third-order valence-corrected chi connectivity index (χ3v) is 3.50. The molecule has 1 unspecified atom stereocenters. The van der Waals surface area contributed by atoms with Crippen LogP contribution in [0.1, 0.15) is 32.3 Å². The van der Waals surface area contributed by atoms with E-state index in [1.165, 1.54) is 12.1 Å². The van der Waals surface area contributed by atoms with Crippen molar-refractivity contribution in [2.24, 2.45) is 11.1 Å². The van der Waals surface area contributed by atoms with Gasteiger partial charge < -0.3 is 15.5 Å². The maximum absolute atomic E-state index is 12.9. The minimum atomic E-state index is -0.719. The van der Waals surface area contributed by atoms with E-state index in [4.69, 9.17) is 4.84 Å². The summed E-state index contributed by atoms with van der Waals surface area (Å²) in [7, 11) is 0. The molecule has 2 N–H and O–H groups in total. The van der Waals surface area contributed by atoms with Crippen LogP contribution in [0.3, 0.4) is 0 Å². The average molecular weight is 335 g/mol. The molecule has 1 aliphatic heterocycles. The van der Waals surface area contributed by atoms with E-state index >= 15 is 0 Å². The van der Waals surface area contributed by atoms with Crippen molar-refractivity contribution >= 4 is 17.5 Å². The van der Waals surface area contributed by atoms with Crippen molar-refractivity contribution in [3.8, 4) is 0 Å². The largest absolute Gasteiger partial charge is 0.382 e. The zero-order valence-corrected chi connectivity index (χ0v) is 13.8. The zero-order chi connectivity index (χ0) is 17.5. The molecule has 0 aliphatic carbocycles. The molecule has 0 saturated carbocycles. The molecule has 1 aliphatic rings. The SMILES string of the molecule is CC(C)CNC(=O)CCNC(=O)C1CC(c2ccc(F)cc2)=NO1. The Kier molecular flexibility index (Phi) is 6.28. The lowest BCUT2D eigenvalue weighted by atomic mass is 10.0. The number of amides is 2.